The minimum absolute atomic E-state index is 0.0871. The highest BCUT2D eigenvalue weighted by Gasteiger charge is 2.36. The van der Waals surface area contributed by atoms with Crippen molar-refractivity contribution in [3.8, 4) is 10.6 Å². The molecule has 2 heterocycles. The topological polar surface area (TPSA) is 89.3 Å². The maximum Gasteiger partial charge on any atom is 0.274 e. The van der Waals surface area contributed by atoms with Crippen molar-refractivity contribution in [1.82, 2.24) is 19.7 Å². The number of amides is 2. The van der Waals surface area contributed by atoms with Gasteiger partial charge in [-0.2, -0.15) is 5.10 Å². The molecule has 0 aromatic carbocycles. The number of methoxy groups -OCH3 is 1. The molecule has 1 unspecified atom stereocenters. The third-order valence-corrected chi connectivity index (χ3v) is 5.82. The number of carbonyl (C=O) groups is 2. The van der Waals surface area contributed by atoms with Crippen molar-refractivity contribution in [3.63, 3.8) is 0 Å². The van der Waals surface area contributed by atoms with Crippen molar-refractivity contribution in [1.29, 1.82) is 0 Å². The van der Waals surface area contributed by atoms with Crippen LogP contribution in [0.3, 0.4) is 0 Å². The molecule has 2 aromatic rings. The van der Waals surface area contributed by atoms with Gasteiger partial charge >= 0.3 is 0 Å². The normalized spacial score (nSPS) is 15.3. The summed E-state index contributed by atoms with van der Waals surface area (Å²) in [7, 11) is 3.39. The van der Waals surface area contributed by atoms with Crippen LogP contribution in [0.5, 0.6) is 0 Å². The van der Waals surface area contributed by atoms with Gasteiger partial charge in [0, 0.05) is 39.2 Å². The van der Waals surface area contributed by atoms with E-state index in [4.69, 9.17) is 9.84 Å². The van der Waals surface area contributed by atoms with Gasteiger partial charge in [-0.15, -0.1) is 0 Å². The lowest BCUT2D eigenvalue weighted by molar-refractivity contribution is -0.114. The van der Waals surface area contributed by atoms with Gasteiger partial charge in [0.1, 0.15) is 0 Å². The Hall–Kier alpha value is -2.26. The summed E-state index contributed by atoms with van der Waals surface area (Å²) < 4.78 is 7.01. The average molecular weight is 406 g/mol. The molecule has 152 valence electrons. The summed E-state index contributed by atoms with van der Waals surface area (Å²) in [6.45, 7) is 8.64. The predicted octanol–water partition coefficient (Wildman–Crippen LogP) is 2.92. The third-order valence-electron chi connectivity index (χ3n) is 4.80. The van der Waals surface area contributed by atoms with Crippen LogP contribution in [0.1, 0.15) is 61.4 Å². The summed E-state index contributed by atoms with van der Waals surface area (Å²) in [5, 5.41) is 8.08. The Kier molecular flexibility index (Phi) is 5.85. The second-order valence-corrected chi connectivity index (χ2v) is 8.45. The van der Waals surface area contributed by atoms with E-state index in [1.807, 2.05) is 18.5 Å². The molecule has 0 radical (unpaired) electrons. The molecule has 1 atom stereocenters. The molecule has 8 nitrogen and oxygen atoms in total. The minimum Gasteiger partial charge on any atom is -0.383 e. The minimum atomic E-state index is -0.146. The highest BCUT2D eigenvalue weighted by Crippen LogP contribution is 2.46. The number of rotatable bonds is 6. The summed E-state index contributed by atoms with van der Waals surface area (Å²) in [5.41, 5.74) is 3.35. The second kappa shape index (κ2) is 8.00. The molecule has 1 aliphatic carbocycles. The number of nitrogens with zero attached hydrogens (tertiary/aromatic N) is 4. The first-order valence-corrected chi connectivity index (χ1v) is 10.2. The van der Waals surface area contributed by atoms with Gasteiger partial charge in [-0.3, -0.25) is 14.3 Å². The molecule has 28 heavy (non-hydrogen) atoms. The SMILES string of the molecule is COCCN(C)C(=O)c1nn(C(C)C)c2c1C(C)Cc1nc(NC(C)=O)sc1-2. The molecule has 0 bridgehead atoms. The van der Waals surface area contributed by atoms with Gasteiger partial charge in [0.2, 0.25) is 5.91 Å². The Morgan fingerprint density at radius 1 is 1.43 bits per heavy atom. The van der Waals surface area contributed by atoms with Crippen molar-refractivity contribution < 1.29 is 14.3 Å². The van der Waals surface area contributed by atoms with E-state index in [1.165, 1.54) is 18.3 Å². The van der Waals surface area contributed by atoms with Crippen molar-refractivity contribution in [3.05, 3.63) is 17.0 Å². The van der Waals surface area contributed by atoms with Crippen LogP contribution in [0.15, 0.2) is 0 Å². The quantitative estimate of drug-likeness (QED) is 0.798. The monoisotopic (exact) mass is 405 g/mol. The van der Waals surface area contributed by atoms with E-state index in [9.17, 15) is 9.59 Å². The van der Waals surface area contributed by atoms with Gasteiger partial charge in [-0.05, 0) is 26.2 Å². The number of likely N-dealkylation sites (N-methyl/N-ethyl adjacent to an activating group) is 1. The van der Waals surface area contributed by atoms with Gasteiger partial charge in [0.25, 0.3) is 5.91 Å². The Morgan fingerprint density at radius 2 is 2.14 bits per heavy atom. The average Bonchev–Trinajstić information content (AvgIpc) is 3.19. The van der Waals surface area contributed by atoms with Crippen LogP contribution in [-0.4, -0.2) is 58.8 Å². The molecule has 1 aliphatic rings. The Morgan fingerprint density at radius 3 is 2.75 bits per heavy atom. The number of hydrogen-bond acceptors (Lipinski definition) is 6. The van der Waals surface area contributed by atoms with Crippen molar-refractivity contribution in [2.75, 3.05) is 32.6 Å². The summed E-state index contributed by atoms with van der Waals surface area (Å²) in [6, 6.07) is 0.0871. The van der Waals surface area contributed by atoms with Gasteiger partial charge in [-0.25, -0.2) is 4.98 Å². The zero-order valence-electron chi connectivity index (χ0n) is 17.2. The maximum absolute atomic E-state index is 13.1. The Labute approximate surface area is 168 Å². The number of hydrogen-bond donors (Lipinski definition) is 1. The van der Waals surface area contributed by atoms with Crippen LogP contribution in [0, 0.1) is 0 Å². The molecule has 0 aliphatic heterocycles. The van der Waals surface area contributed by atoms with E-state index in [2.05, 4.69) is 17.2 Å². The fraction of sp³-hybridized carbons (Fsp3) is 0.579. The molecular formula is C19H27N5O3S. The van der Waals surface area contributed by atoms with Crippen molar-refractivity contribution in [2.45, 2.75) is 46.1 Å². The number of nitrogens with one attached hydrogen (secondary N) is 1. The smallest absolute Gasteiger partial charge is 0.274 e. The predicted molar refractivity (Wildman–Crippen MR) is 109 cm³/mol. The zero-order valence-corrected chi connectivity index (χ0v) is 18.0. The fourth-order valence-electron chi connectivity index (χ4n) is 3.45. The van der Waals surface area contributed by atoms with Crippen LogP contribution >= 0.6 is 11.3 Å². The molecule has 3 rings (SSSR count). The lowest BCUT2D eigenvalue weighted by atomic mass is 9.87. The van der Waals surface area contributed by atoms with E-state index in [1.54, 1.807) is 19.1 Å². The molecule has 0 saturated carbocycles. The molecule has 0 saturated heterocycles. The van der Waals surface area contributed by atoms with E-state index in [0.717, 1.165) is 21.8 Å². The number of fused-ring (bicyclic) bond motifs is 3. The number of anilines is 1. The maximum atomic E-state index is 13.1. The molecule has 1 N–H and O–H groups in total. The summed E-state index contributed by atoms with van der Waals surface area (Å²) in [5.74, 6) is -0.140. The van der Waals surface area contributed by atoms with E-state index in [-0.39, 0.29) is 23.8 Å². The molecule has 2 amide bonds. The Bertz CT molecular complexity index is 902. The van der Waals surface area contributed by atoms with E-state index < -0.39 is 0 Å². The number of aromatic nitrogens is 3. The highest BCUT2D eigenvalue weighted by atomic mass is 32.1. The van der Waals surface area contributed by atoms with Crippen LogP contribution in [0.4, 0.5) is 5.13 Å². The summed E-state index contributed by atoms with van der Waals surface area (Å²) in [6.07, 6.45) is 0.713. The molecule has 0 spiro atoms. The summed E-state index contributed by atoms with van der Waals surface area (Å²) in [4.78, 5) is 31.8. The van der Waals surface area contributed by atoms with Crippen molar-refractivity contribution in [2.24, 2.45) is 0 Å². The number of thiazole rings is 1. The fourth-order valence-corrected chi connectivity index (χ4v) is 4.54. The lowest BCUT2D eigenvalue weighted by Crippen LogP contribution is -2.31. The van der Waals surface area contributed by atoms with E-state index >= 15 is 0 Å². The number of ether oxygens (including phenoxy) is 1. The first-order chi connectivity index (χ1) is 13.2. The van der Waals surface area contributed by atoms with Gasteiger partial charge in [-0.1, -0.05) is 18.3 Å². The lowest BCUT2D eigenvalue weighted by Gasteiger charge is -2.22. The van der Waals surface area contributed by atoms with E-state index in [0.29, 0.717) is 30.4 Å². The van der Waals surface area contributed by atoms with Crippen molar-refractivity contribution >= 4 is 28.3 Å². The largest absolute Gasteiger partial charge is 0.383 e. The van der Waals surface area contributed by atoms with Gasteiger partial charge in [0.05, 0.1) is 22.9 Å². The molecule has 2 aromatic heterocycles. The third kappa shape index (κ3) is 3.68. The number of carbonyl (C=O) groups excluding carboxylic acids is 2. The molecule has 9 heteroatoms. The first-order valence-electron chi connectivity index (χ1n) is 9.39. The van der Waals surface area contributed by atoms with Crippen LogP contribution in [0.25, 0.3) is 10.6 Å². The summed E-state index contributed by atoms with van der Waals surface area (Å²) >= 11 is 1.44. The standard InChI is InChI=1S/C19H27N5O3S/c1-10(2)24-16-14(15(22-24)18(26)23(5)7-8-27-6)11(3)9-13-17(16)28-19(21-13)20-12(4)25/h10-11H,7-9H2,1-6H3,(H,20,21,25). The van der Waals surface area contributed by atoms with Crippen LogP contribution < -0.4 is 5.32 Å². The van der Waals surface area contributed by atoms with Gasteiger partial charge < -0.3 is 15.0 Å². The second-order valence-electron chi connectivity index (χ2n) is 7.45. The highest BCUT2D eigenvalue weighted by molar-refractivity contribution is 7.19. The zero-order chi connectivity index (χ0) is 20.6. The van der Waals surface area contributed by atoms with Gasteiger partial charge in [0.15, 0.2) is 10.8 Å². The molecular weight excluding hydrogens is 378 g/mol. The van der Waals surface area contributed by atoms with Crippen LogP contribution in [-0.2, 0) is 16.0 Å². The molecule has 0 fully saturated rings. The Balaban J connectivity index is 2.11. The first kappa shape index (κ1) is 20.5. The van der Waals surface area contributed by atoms with Crippen LogP contribution in [0.2, 0.25) is 0 Å².